The maximum atomic E-state index is 5.28. The van der Waals surface area contributed by atoms with E-state index in [2.05, 4.69) is 68.9 Å². The first-order valence-corrected chi connectivity index (χ1v) is 9.49. The molecular formula is C21H27IN6O. The maximum Gasteiger partial charge on any atom is 0.276 e. The Hall–Kier alpha value is -2.49. The van der Waals surface area contributed by atoms with Crippen molar-refractivity contribution in [2.45, 2.75) is 32.7 Å². The van der Waals surface area contributed by atoms with E-state index in [0.717, 1.165) is 12.4 Å². The van der Waals surface area contributed by atoms with Gasteiger partial charge in [-0.05, 0) is 36.6 Å². The zero-order chi connectivity index (χ0) is 19.8. The molecule has 1 unspecified atom stereocenters. The molecule has 1 aromatic carbocycles. The molecule has 154 valence electrons. The third-order valence-corrected chi connectivity index (χ3v) is 4.46. The predicted octanol–water partition coefficient (Wildman–Crippen LogP) is 3.78. The van der Waals surface area contributed by atoms with E-state index in [0.29, 0.717) is 30.4 Å². The van der Waals surface area contributed by atoms with Gasteiger partial charge < -0.3 is 15.2 Å². The van der Waals surface area contributed by atoms with Gasteiger partial charge in [0.1, 0.15) is 5.69 Å². The molecule has 29 heavy (non-hydrogen) atoms. The molecule has 3 aromatic rings. The van der Waals surface area contributed by atoms with Crippen LogP contribution in [0, 0.1) is 0 Å². The number of pyridine rings is 1. The van der Waals surface area contributed by atoms with Crippen molar-refractivity contribution in [3.05, 3.63) is 65.6 Å². The van der Waals surface area contributed by atoms with E-state index in [1.807, 2.05) is 18.2 Å². The Bertz CT molecular complexity index is 895. The lowest BCUT2D eigenvalue weighted by Gasteiger charge is -2.18. The highest BCUT2D eigenvalue weighted by molar-refractivity contribution is 14.0. The summed E-state index contributed by atoms with van der Waals surface area (Å²) in [6.45, 7) is 4.92. The van der Waals surface area contributed by atoms with Gasteiger partial charge >= 0.3 is 0 Å². The van der Waals surface area contributed by atoms with E-state index in [1.54, 1.807) is 13.2 Å². The number of aliphatic imine (C=N–C) groups is 1. The molecule has 2 aromatic heterocycles. The van der Waals surface area contributed by atoms with Crippen LogP contribution in [0.15, 0.2) is 58.2 Å². The topological polar surface area (TPSA) is 88.2 Å². The SMILES string of the molecule is CCc1ccc(C(C)NC(=NC)NCCc2noc(-c3ccccn3)n2)cc1.I. The van der Waals surface area contributed by atoms with Crippen LogP contribution in [0.2, 0.25) is 0 Å². The molecule has 2 heterocycles. The number of nitrogens with zero attached hydrogens (tertiary/aromatic N) is 4. The highest BCUT2D eigenvalue weighted by atomic mass is 127. The van der Waals surface area contributed by atoms with E-state index in [1.165, 1.54) is 11.1 Å². The summed E-state index contributed by atoms with van der Waals surface area (Å²) < 4.78 is 5.28. The van der Waals surface area contributed by atoms with Crippen LogP contribution in [0.25, 0.3) is 11.6 Å². The van der Waals surface area contributed by atoms with Gasteiger partial charge in [0, 0.05) is 26.2 Å². The predicted molar refractivity (Wildman–Crippen MR) is 125 cm³/mol. The number of aromatic nitrogens is 3. The lowest BCUT2D eigenvalue weighted by molar-refractivity contribution is 0.421. The molecule has 0 bridgehead atoms. The minimum Gasteiger partial charge on any atom is -0.356 e. The van der Waals surface area contributed by atoms with Crippen LogP contribution in [0.4, 0.5) is 0 Å². The number of rotatable bonds is 7. The Morgan fingerprint density at radius 3 is 2.62 bits per heavy atom. The van der Waals surface area contributed by atoms with Crippen molar-refractivity contribution in [1.29, 1.82) is 0 Å². The van der Waals surface area contributed by atoms with E-state index in [-0.39, 0.29) is 30.0 Å². The molecule has 1 atom stereocenters. The van der Waals surface area contributed by atoms with Crippen molar-refractivity contribution in [2.24, 2.45) is 4.99 Å². The maximum absolute atomic E-state index is 5.28. The summed E-state index contributed by atoms with van der Waals surface area (Å²) in [7, 11) is 1.76. The number of benzene rings is 1. The summed E-state index contributed by atoms with van der Waals surface area (Å²) >= 11 is 0. The van der Waals surface area contributed by atoms with Crippen molar-refractivity contribution < 1.29 is 4.52 Å². The Morgan fingerprint density at radius 1 is 1.17 bits per heavy atom. The van der Waals surface area contributed by atoms with E-state index in [4.69, 9.17) is 4.52 Å². The number of hydrogen-bond donors (Lipinski definition) is 2. The summed E-state index contributed by atoms with van der Waals surface area (Å²) in [6, 6.07) is 14.4. The van der Waals surface area contributed by atoms with Crippen LogP contribution >= 0.6 is 24.0 Å². The van der Waals surface area contributed by atoms with E-state index in [9.17, 15) is 0 Å². The quantitative estimate of drug-likeness (QED) is 0.288. The minimum absolute atomic E-state index is 0. The highest BCUT2D eigenvalue weighted by Crippen LogP contribution is 2.14. The van der Waals surface area contributed by atoms with Crippen LogP contribution < -0.4 is 10.6 Å². The fourth-order valence-electron chi connectivity index (χ4n) is 2.77. The average Bonchev–Trinajstić information content (AvgIpc) is 3.22. The van der Waals surface area contributed by atoms with Crippen LogP contribution in [-0.4, -0.2) is 34.7 Å². The Kier molecular flexibility index (Phi) is 9.04. The van der Waals surface area contributed by atoms with Crippen LogP contribution in [0.1, 0.15) is 36.8 Å². The van der Waals surface area contributed by atoms with Crippen molar-refractivity contribution in [2.75, 3.05) is 13.6 Å². The number of aryl methyl sites for hydroxylation is 1. The molecule has 0 aliphatic rings. The lowest BCUT2D eigenvalue weighted by Crippen LogP contribution is -2.39. The molecular weight excluding hydrogens is 479 g/mol. The molecule has 7 nitrogen and oxygen atoms in total. The van der Waals surface area contributed by atoms with Gasteiger partial charge in [0.15, 0.2) is 11.8 Å². The molecule has 0 aliphatic heterocycles. The van der Waals surface area contributed by atoms with Gasteiger partial charge in [-0.1, -0.05) is 42.4 Å². The minimum atomic E-state index is 0. The summed E-state index contributed by atoms with van der Waals surface area (Å²) in [5.74, 6) is 1.80. The molecule has 0 spiro atoms. The average molecular weight is 506 g/mol. The van der Waals surface area contributed by atoms with Gasteiger partial charge in [-0.2, -0.15) is 4.98 Å². The number of halogens is 1. The molecule has 0 fully saturated rings. The molecule has 0 radical (unpaired) electrons. The zero-order valence-corrected chi connectivity index (χ0v) is 19.3. The van der Waals surface area contributed by atoms with Gasteiger partial charge in [0.05, 0.1) is 6.04 Å². The normalized spacial score (nSPS) is 12.2. The van der Waals surface area contributed by atoms with Crippen molar-refractivity contribution >= 4 is 29.9 Å². The van der Waals surface area contributed by atoms with Crippen LogP contribution in [0.3, 0.4) is 0 Å². The molecule has 0 saturated heterocycles. The smallest absolute Gasteiger partial charge is 0.276 e. The summed E-state index contributed by atoms with van der Waals surface area (Å²) in [6.07, 6.45) is 3.37. The van der Waals surface area contributed by atoms with Crippen LogP contribution in [0.5, 0.6) is 0 Å². The summed E-state index contributed by atoms with van der Waals surface area (Å²) in [5.41, 5.74) is 3.23. The standard InChI is InChI=1S/C21H26N6O.HI/c1-4-16-8-10-17(11-9-16)15(2)25-21(22-3)24-14-12-19-26-20(28-27-19)18-7-5-6-13-23-18;/h5-11,13,15H,4,12,14H2,1-3H3,(H2,22,24,25);1H. The molecule has 0 amide bonds. The largest absolute Gasteiger partial charge is 0.356 e. The number of guanidine groups is 1. The lowest BCUT2D eigenvalue weighted by atomic mass is 10.1. The first kappa shape index (κ1) is 22.8. The first-order chi connectivity index (χ1) is 13.7. The van der Waals surface area contributed by atoms with Crippen LogP contribution in [-0.2, 0) is 12.8 Å². The van der Waals surface area contributed by atoms with Gasteiger partial charge in [-0.3, -0.25) is 9.98 Å². The Labute approximate surface area is 188 Å². The Morgan fingerprint density at radius 2 is 1.97 bits per heavy atom. The zero-order valence-electron chi connectivity index (χ0n) is 16.9. The van der Waals surface area contributed by atoms with Crippen molar-refractivity contribution in [3.63, 3.8) is 0 Å². The number of nitrogens with one attached hydrogen (secondary N) is 2. The summed E-state index contributed by atoms with van der Waals surface area (Å²) in [5, 5.41) is 10.7. The van der Waals surface area contributed by atoms with Gasteiger partial charge in [-0.15, -0.1) is 24.0 Å². The fourth-order valence-corrected chi connectivity index (χ4v) is 2.77. The van der Waals surface area contributed by atoms with E-state index >= 15 is 0 Å². The van der Waals surface area contributed by atoms with Gasteiger partial charge in [0.2, 0.25) is 0 Å². The fraction of sp³-hybridized carbons (Fsp3) is 0.333. The highest BCUT2D eigenvalue weighted by Gasteiger charge is 2.11. The third-order valence-electron chi connectivity index (χ3n) is 4.46. The van der Waals surface area contributed by atoms with Gasteiger partial charge in [0.25, 0.3) is 5.89 Å². The first-order valence-electron chi connectivity index (χ1n) is 9.49. The van der Waals surface area contributed by atoms with Crippen molar-refractivity contribution in [1.82, 2.24) is 25.8 Å². The number of hydrogen-bond acceptors (Lipinski definition) is 5. The molecule has 3 rings (SSSR count). The monoisotopic (exact) mass is 506 g/mol. The van der Waals surface area contributed by atoms with Gasteiger partial charge in [-0.25, -0.2) is 0 Å². The molecule has 8 heteroatoms. The Balaban J connectivity index is 0.00000300. The second kappa shape index (κ2) is 11.5. The molecule has 2 N–H and O–H groups in total. The molecule has 0 saturated carbocycles. The van der Waals surface area contributed by atoms with E-state index < -0.39 is 0 Å². The second-order valence-electron chi connectivity index (χ2n) is 6.44. The third kappa shape index (κ3) is 6.52. The molecule has 0 aliphatic carbocycles. The van der Waals surface area contributed by atoms with Crippen molar-refractivity contribution in [3.8, 4) is 11.6 Å². The summed E-state index contributed by atoms with van der Waals surface area (Å²) in [4.78, 5) is 12.9. The second-order valence-corrected chi connectivity index (χ2v) is 6.44.